The fourth-order valence-electron chi connectivity index (χ4n) is 2.72. The Balaban J connectivity index is 1.69. The van der Waals surface area contributed by atoms with Crippen molar-refractivity contribution in [3.8, 4) is 0 Å². The summed E-state index contributed by atoms with van der Waals surface area (Å²) in [5.41, 5.74) is 0.432. The molecule has 1 saturated heterocycles. The lowest BCUT2D eigenvalue weighted by molar-refractivity contribution is -0.147. The second kappa shape index (κ2) is 5.83. The number of benzene rings is 1. The van der Waals surface area contributed by atoms with Crippen molar-refractivity contribution >= 4 is 11.9 Å². The number of rotatable bonds is 4. The van der Waals surface area contributed by atoms with E-state index in [0.29, 0.717) is 19.5 Å². The predicted molar refractivity (Wildman–Crippen MR) is 81.8 cm³/mol. The lowest BCUT2D eigenvalue weighted by Gasteiger charge is -2.19. The van der Waals surface area contributed by atoms with Crippen LogP contribution in [0.5, 0.6) is 0 Å². The molecule has 1 aliphatic rings. The average molecular weight is 314 g/mol. The SMILES string of the molecule is C[C@@]1(C(=O)O)CCN(C(=O)c2cn(Cc3ccccc3)nn2)C1. The highest BCUT2D eigenvalue weighted by Crippen LogP contribution is 2.30. The van der Waals surface area contributed by atoms with Crippen molar-refractivity contribution in [1.29, 1.82) is 0 Å². The van der Waals surface area contributed by atoms with Gasteiger partial charge >= 0.3 is 5.97 Å². The first-order valence-corrected chi connectivity index (χ1v) is 7.45. The van der Waals surface area contributed by atoms with Crippen LogP contribution < -0.4 is 0 Å². The molecule has 3 rings (SSSR count). The van der Waals surface area contributed by atoms with Gasteiger partial charge in [-0.05, 0) is 18.9 Å². The first-order valence-electron chi connectivity index (χ1n) is 7.45. The van der Waals surface area contributed by atoms with Gasteiger partial charge in [0, 0.05) is 13.1 Å². The minimum atomic E-state index is -0.879. The second-order valence-electron chi connectivity index (χ2n) is 6.13. The van der Waals surface area contributed by atoms with Crippen molar-refractivity contribution in [2.24, 2.45) is 5.41 Å². The molecular weight excluding hydrogens is 296 g/mol. The minimum Gasteiger partial charge on any atom is -0.481 e. The van der Waals surface area contributed by atoms with Crippen molar-refractivity contribution < 1.29 is 14.7 Å². The van der Waals surface area contributed by atoms with Gasteiger partial charge in [-0.3, -0.25) is 9.59 Å². The van der Waals surface area contributed by atoms with E-state index in [-0.39, 0.29) is 18.1 Å². The third-order valence-corrected chi connectivity index (χ3v) is 4.22. The molecule has 0 saturated carbocycles. The molecule has 1 aliphatic heterocycles. The van der Waals surface area contributed by atoms with E-state index in [1.807, 2.05) is 30.3 Å². The van der Waals surface area contributed by atoms with Crippen LogP contribution in [0.15, 0.2) is 36.5 Å². The van der Waals surface area contributed by atoms with Crippen LogP contribution in [0.1, 0.15) is 29.4 Å². The van der Waals surface area contributed by atoms with Crippen molar-refractivity contribution in [3.63, 3.8) is 0 Å². The molecule has 1 amide bonds. The Bertz CT molecular complexity index is 728. The molecule has 1 N–H and O–H groups in total. The van der Waals surface area contributed by atoms with Gasteiger partial charge in [0.15, 0.2) is 5.69 Å². The van der Waals surface area contributed by atoms with Crippen molar-refractivity contribution in [3.05, 3.63) is 47.8 Å². The first kappa shape index (κ1) is 15.2. The molecule has 2 heterocycles. The van der Waals surface area contributed by atoms with Gasteiger partial charge in [0.05, 0.1) is 18.2 Å². The first-order chi connectivity index (χ1) is 11.0. The smallest absolute Gasteiger partial charge is 0.311 e. The van der Waals surface area contributed by atoms with Crippen LogP contribution in [0.2, 0.25) is 0 Å². The van der Waals surface area contributed by atoms with E-state index in [1.165, 1.54) is 4.90 Å². The highest BCUT2D eigenvalue weighted by atomic mass is 16.4. The van der Waals surface area contributed by atoms with Gasteiger partial charge in [-0.2, -0.15) is 0 Å². The third-order valence-electron chi connectivity index (χ3n) is 4.22. The lowest BCUT2D eigenvalue weighted by atomic mass is 9.90. The highest BCUT2D eigenvalue weighted by Gasteiger charge is 2.42. The molecule has 0 bridgehead atoms. The Morgan fingerprint density at radius 1 is 1.30 bits per heavy atom. The molecule has 0 radical (unpaired) electrons. The number of hydrogen-bond donors (Lipinski definition) is 1. The topological polar surface area (TPSA) is 88.3 Å². The molecule has 7 heteroatoms. The molecule has 2 aromatic rings. The van der Waals surface area contributed by atoms with Gasteiger partial charge in [0.25, 0.3) is 5.91 Å². The van der Waals surface area contributed by atoms with Crippen LogP contribution in [0.25, 0.3) is 0 Å². The number of amides is 1. The van der Waals surface area contributed by atoms with Gasteiger partial charge in [-0.25, -0.2) is 4.68 Å². The molecule has 7 nitrogen and oxygen atoms in total. The quantitative estimate of drug-likeness (QED) is 0.918. The Labute approximate surface area is 133 Å². The maximum Gasteiger partial charge on any atom is 0.311 e. The summed E-state index contributed by atoms with van der Waals surface area (Å²) in [5.74, 6) is -1.14. The van der Waals surface area contributed by atoms with E-state index in [2.05, 4.69) is 10.3 Å². The fourth-order valence-corrected chi connectivity index (χ4v) is 2.72. The summed E-state index contributed by atoms with van der Waals surface area (Å²) in [6.07, 6.45) is 2.05. The molecule has 1 atom stereocenters. The number of aromatic nitrogens is 3. The van der Waals surface area contributed by atoms with E-state index in [1.54, 1.807) is 17.8 Å². The lowest BCUT2D eigenvalue weighted by Crippen LogP contribution is -2.35. The van der Waals surface area contributed by atoms with Gasteiger partial charge < -0.3 is 10.0 Å². The maximum absolute atomic E-state index is 12.4. The molecule has 120 valence electrons. The molecule has 0 aliphatic carbocycles. The van der Waals surface area contributed by atoms with Gasteiger partial charge in [-0.1, -0.05) is 35.5 Å². The Morgan fingerprint density at radius 2 is 2.04 bits per heavy atom. The highest BCUT2D eigenvalue weighted by molar-refractivity contribution is 5.92. The van der Waals surface area contributed by atoms with E-state index >= 15 is 0 Å². The number of carbonyl (C=O) groups excluding carboxylic acids is 1. The van der Waals surface area contributed by atoms with E-state index in [0.717, 1.165) is 5.56 Å². The summed E-state index contributed by atoms with van der Waals surface area (Å²) < 4.78 is 1.61. The fraction of sp³-hybridized carbons (Fsp3) is 0.375. The van der Waals surface area contributed by atoms with Crippen LogP contribution in [-0.4, -0.2) is 50.0 Å². The Kier molecular flexibility index (Phi) is 3.85. The van der Waals surface area contributed by atoms with Crippen LogP contribution in [0, 0.1) is 5.41 Å². The van der Waals surface area contributed by atoms with Crippen LogP contribution in [0.4, 0.5) is 0 Å². The summed E-state index contributed by atoms with van der Waals surface area (Å²) in [6.45, 7) is 2.82. The van der Waals surface area contributed by atoms with Crippen LogP contribution in [-0.2, 0) is 11.3 Å². The van der Waals surface area contributed by atoms with Crippen molar-refractivity contribution in [1.82, 2.24) is 19.9 Å². The van der Waals surface area contributed by atoms with Gasteiger partial charge in [0.1, 0.15) is 0 Å². The normalized spacial score (nSPS) is 20.7. The summed E-state index contributed by atoms with van der Waals surface area (Å²) in [7, 11) is 0. The van der Waals surface area contributed by atoms with Gasteiger partial charge in [-0.15, -0.1) is 5.10 Å². The van der Waals surface area contributed by atoms with Crippen LogP contribution in [0.3, 0.4) is 0 Å². The molecule has 0 spiro atoms. The molecule has 1 aromatic carbocycles. The average Bonchev–Trinajstić information content (AvgIpc) is 3.15. The summed E-state index contributed by atoms with van der Waals surface area (Å²) >= 11 is 0. The number of carboxylic acids is 1. The number of carboxylic acid groups (broad SMARTS) is 1. The number of aliphatic carboxylic acids is 1. The predicted octanol–water partition coefficient (Wildman–Crippen LogP) is 1.26. The Hall–Kier alpha value is -2.70. The summed E-state index contributed by atoms with van der Waals surface area (Å²) in [6, 6.07) is 9.76. The zero-order chi connectivity index (χ0) is 16.4. The van der Waals surface area contributed by atoms with Gasteiger partial charge in [0.2, 0.25) is 0 Å². The summed E-state index contributed by atoms with van der Waals surface area (Å²) in [5, 5.41) is 17.1. The largest absolute Gasteiger partial charge is 0.481 e. The number of nitrogens with zero attached hydrogens (tertiary/aromatic N) is 4. The summed E-state index contributed by atoms with van der Waals surface area (Å²) in [4.78, 5) is 25.2. The van der Waals surface area contributed by atoms with Crippen LogP contribution >= 0.6 is 0 Å². The zero-order valence-electron chi connectivity index (χ0n) is 12.8. The molecule has 1 aromatic heterocycles. The zero-order valence-corrected chi connectivity index (χ0v) is 12.8. The Morgan fingerprint density at radius 3 is 2.70 bits per heavy atom. The maximum atomic E-state index is 12.4. The second-order valence-corrected chi connectivity index (χ2v) is 6.13. The molecule has 1 fully saturated rings. The van der Waals surface area contributed by atoms with E-state index in [4.69, 9.17) is 0 Å². The molecular formula is C16H18N4O3. The number of likely N-dealkylation sites (tertiary alicyclic amines) is 1. The third kappa shape index (κ3) is 3.08. The van der Waals surface area contributed by atoms with E-state index in [9.17, 15) is 14.7 Å². The number of carbonyl (C=O) groups is 2. The standard InChI is InChI=1S/C16H18N4O3/c1-16(15(22)23)7-8-19(11-16)14(21)13-10-20(18-17-13)9-12-5-3-2-4-6-12/h2-6,10H,7-9,11H2,1H3,(H,22,23)/t16-/m1/s1. The monoisotopic (exact) mass is 314 g/mol. The molecule has 23 heavy (non-hydrogen) atoms. The minimum absolute atomic E-state index is 0.201. The number of hydrogen-bond acceptors (Lipinski definition) is 4. The van der Waals surface area contributed by atoms with Crippen molar-refractivity contribution in [2.75, 3.05) is 13.1 Å². The van der Waals surface area contributed by atoms with Crippen molar-refractivity contribution in [2.45, 2.75) is 19.9 Å². The molecule has 0 unspecified atom stereocenters. The van der Waals surface area contributed by atoms with E-state index < -0.39 is 11.4 Å².